The fourth-order valence-corrected chi connectivity index (χ4v) is 7.09. The van der Waals surface area contributed by atoms with Crippen LogP contribution in [0.2, 0.25) is 0 Å². The van der Waals surface area contributed by atoms with Crippen LogP contribution in [-0.2, 0) is 0 Å². The van der Waals surface area contributed by atoms with Crippen LogP contribution in [0.15, 0.2) is 53.6 Å². The minimum Gasteiger partial charge on any atom is -0.493 e. The minimum absolute atomic E-state index is 0.0779. The molecule has 1 N–H and O–H groups in total. The van der Waals surface area contributed by atoms with Gasteiger partial charge in [-0.15, -0.1) is 0 Å². The van der Waals surface area contributed by atoms with Gasteiger partial charge in [-0.2, -0.15) is 0 Å². The Kier molecular flexibility index (Phi) is 9.17. The molecule has 0 aliphatic carbocycles. The zero-order valence-electron chi connectivity index (χ0n) is 28.6. The Balaban J connectivity index is 1.08. The van der Waals surface area contributed by atoms with Crippen LogP contribution >= 0.6 is 0 Å². The van der Waals surface area contributed by atoms with Crippen LogP contribution in [0.3, 0.4) is 0 Å². The van der Waals surface area contributed by atoms with Gasteiger partial charge in [-0.3, -0.25) is 14.6 Å². The van der Waals surface area contributed by atoms with Crippen LogP contribution in [0, 0.1) is 0 Å². The van der Waals surface area contributed by atoms with Gasteiger partial charge >= 0.3 is 0 Å². The van der Waals surface area contributed by atoms with Crippen molar-refractivity contribution in [3.63, 3.8) is 0 Å². The third kappa shape index (κ3) is 6.23. The molecular formula is C37H46N4O7. The molecule has 2 fully saturated rings. The molecule has 11 nitrogen and oxygen atoms in total. The molecule has 0 saturated carbocycles. The van der Waals surface area contributed by atoms with Gasteiger partial charge in [0, 0.05) is 37.0 Å². The molecule has 256 valence electrons. The van der Waals surface area contributed by atoms with Crippen molar-refractivity contribution in [2.24, 2.45) is 4.99 Å². The van der Waals surface area contributed by atoms with E-state index in [4.69, 9.17) is 18.9 Å². The van der Waals surface area contributed by atoms with E-state index in [0.717, 1.165) is 36.8 Å². The van der Waals surface area contributed by atoms with Crippen LogP contribution in [0.5, 0.6) is 23.0 Å². The van der Waals surface area contributed by atoms with Crippen molar-refractivity contribution in [1.29, 1.82) is 0 Å². The van der Waals surface area contributed by atoms with Crippen molar-refractivity contribution >= 4 is 29.4 Å². The maximum absolute atomic E-state index is 13.7. The number of methoxy groups -OCH3 is 2. The SMILES string of the molecule is C=C1CC2C=Nc3cc(OCCCCCOc4cc5c(cc4OC)C(=O)N4CC(=C)CC4C(O)N5C(C)(C)C)c(OC)cc3C(=O)N2C1. The van der Waals surface area contributed by atoms with E-state index in [2.05, 4.69) is 18.2 Å². The average Bonchev–Trinajstić information content (AvgIpc) is 3.58. The number of aliphatic hydroxyl groups is 1. The predicted octanol–water partition coefficient (Wildman–Crippen LogP) is 5.53. The quantitative estimate of drug-likeness (QED) is 0.262. The summed E-state index contributed by atoms with van der Waals surface area (Å²) in [5.41, 5.74) is 3.63. The van der Waals surface area contributed by atoms with Crippen molar-refractivity contribution in [3.8, 4) is 23.0 Å². The lowest BCUT2D eigenvalue weighted by Gasteiger charge is -2.43. The third-order valence-electron chi connectivity index (χ3n) is 9.41. The number of carbonyl (C=O) groups excluding carboxylic acids is 2. The Hall–Kier alpha value is -4.51. The molecule has 3 unspecified atom stereocenters. The highest BCUT2D eigenvalue weighted by Crippen LogP contribution is 2.44. The fourth-order valence-electron chi connectivity index (χ4n) is 7.09. The molecule has 2 saturated heterocycles. The number of hydrogen-bond acceptors (Lipinski definition) is 9. The van der Waals surface area contributed by atoms with Gasteiger partial charge in [-0.1, -0.05) is 24.3 Å². The molecular weight excluding hydrogens is 612 g/mol. The number of fused-ring (bicyclic) bond motifs is 4. The Morgan fingerprint density at radius 2 is 1.40 bits per heavy atom. The number of nitrogens with zero attached hydrogens (tertiary/aromatic N) is 4. The highest BCUT2D eigenvalue weighted by atomic mass is 16.5. The number of hydrogen-bond donors (Lipinski definition) is 1. The highest BCUT2D eigenvalue weighted by Gasteiger charge is 2.46. The topological polar surface area (TPSA) is 113 Å². The molecule has 2 aromatic carbocycles. The number of unbranched alkanes of at least 4 members (excludes halogenated alkanes) is 2. The first-order valence-corrected chi connectivity index (χ1v) is 16.6. The molecule has 4 aliphatic heterocycles. The lowest BCUT2D eigenvalue weighted by atomic mass is 9.99. The first-order valence-electron chi connectivity index (χ1n) is 16.6. The van der Waals surface area contributed by atoms with E-state index in [1.54, 1.807) is 42.2 Å². The van der Waals surface area contributed by atoms with Crippen molar-refractivity contribution in [2.45, 2.75) is 76.7 Å². The fraction of sp³-hybridized carbons (Fsp3) is 0.486. The number of carbonyl (C=O) groups is 2. The summed E-state index contributed by atoms with van der Waals surface area (Å²) in [5.74, 6) is 1.78. The van der Waals surface area contributed by atoms with Gasteiger partial charge in [0.15, 0.2) is 23.0 Å². The standard InChI is InChI=1S/C37H46N4O7/c1-22-13-24-19-38-27-17-32(30(45-6)15-25(27)34(42)39(24)20-22)47-11-9-8-10-12-48-33-18-28-26(16-31(33)46-7)35(43)40-21-23(2)14-29(40)36(44)41(28)37(3,4)5/h15-19,24,29,36,44H,1-2,8-14,20-21H2,3-7H3. The molecule has 2 amide bonds. The first kappa shape index (κ1) is 33.4. The Morgan fingerprint density at radius 3 is 2.04 bits per heavy atom. The number of benzene rings is 2. The van der Waals surface area contributed by atoms with Gasteiger partial charge in [-0.05, 0) is 65.0 Å². The second kappa shape index (κ2) is 13.2. The summed E-state index contributed by atoms with van der Waals surface area (Å²) in [5, 5.41) is 11.6. The zero-order valence-corrected chi connectivity index (χ0v) is 28.6. The highest BCUT2D eigenvalue weighted by molar-refractivity contribution is 6.04. The van der Waals surface area contributed by atoms with E-state index in [9.17, 15) is 14.7 Å². The van der Waals surface area contributed by atoms with Crippen molar-refractivity contribution in [3.05, 3.63) is 59.7 Å². The minimum atomic E-state index is -0.904. The molecule has 0 spiro atoms. The molecule has 0 bridgehead atoms. The van der Waals surface area contributed by atoms with Crippen molar-refractivity contribution in [2.75, 3.05) is 45.4 Å². The Bertz CT molecular complexity index is 1660. The normalized spacial score (nSPS) is 21.8. The Morgan fingerprint density at radius 1 is 0.812 bits per heavy atom. The van der Waals surface area contributed by atoms with Crippen LogP contribution in [0.25, 0.3) is 0 Å². The van der Waals surface area contributed by atoms with E-state index in [1.165, 1.54) is 0 Å². The number of amides is 2. The largest absolute Gasteiger partial charge is 0.493 e. The summed E-state index contributed by atoms with van der Waals surface area (Å²) in [6.45, 7) is 16.0. The lowest BCUT2D eigenvalue weighted by Crippen LogP contribution is -2.55. The second-order valence-electron chi connectivity index (χ2n) is 13.9. The van der Waals surface area contributed by atoms with E-state index < -0.39 is 11.8 Å². The monoisotopic (exact) mass is 658 g/mol. The van der Waals surface area contributed by atoms with E-state index in [1.807, 2.05) is 38.0 Å². The van der Waals surface area contributed by atoms with E-state index >= 15 is 0 Å². The second-order valence-corrected chi connectivity index (χ2v) is 13.9. The Labute approximate surface area is 282 Å². The zero-order chi connectivity index (χ0) is 34.3. The number of rotatable bonds is 10. The summed E-state index contributed by atoms with van der Waals surface area (Å²) in [7, 11) is 3.12. The molecule has 3 atom stereocenters. The van der Waals surface area contributed by atoms with Gasteiger partial charge in [0.1, 0.15) is 6.23 Å². The summed E-state index contributed by atoms with van der Waals surface area (Å²) in [4.78, 5) is 37.0. The van der Waals surface area contributed by atoms with Crippen LogP contribution in [0.1, 0.15) is 73.6 Å². The summed E-state index contributed by atoms with van der Waals surface area (Å²) >= 11 is 0. The van der Waals surface area contributed by atoms with Crippen molar-refractivity contribution < 1.29 is 33.6 Å². The van der Waals surface area contributed by atoms with Gasteiger partial charge < -0.3 is 38.8 Å². The summed E-state index contributed by atoms with van der Waals surface area (Å²) in [6, 6.07) is 6.57. The molecule has 0 aromatic heterocycles. The maximum Gasteiger partial charge on any atom is 0.257 e. The lowest BCUT2D eigenvalue weighted by molar-refractivity contribution is 0.0460. The number of aliphatic hydroxyl groups excluding tert-OH is 1. The molecule has 4 aliphatic rings. The van der Waals surface area contributed by atoms with Gasteiger partial charge in [-0.25, -0.2) is 0 Å². The van der Waals surface area contributed by atoms with Crippen molar-refractivity contribution in [1.82, 2.24) is 9.80 Å². The molecule has 2 aromatic rings. The van der Waals surface area contributed by atoms with Crippen LogP contribution < -0.4 is 23.8 Å². The molecule has 0 radical (unpaired) electrons. The van der Waals surface area contributed by atoms with Crippen LogP contribution in [0.4, 0.5) is 11.4 Å². The summed E-state index contributed by atoms with van der Waals surface area (Å²) < 4.78 is 23.5. The molecule has 6 rings (SSSR count). The van der Waals surface area contributed by atoms with E-state index in [0.29, 0.717) is 78.2 Å². The smallest absolute Gasteiger partial charge is 0.257 e. The van der Waals surface area contributed by atoms with Gasteiger partial charge in [0.2, 0.25) is 0 Å². The predicted molar refractivity (Wildman–Crippen MR) is 184 cm³/mol. The van der Waals surface area contributed by atoms with Gasteiger partial charge in [0.05, 0.1) is 62.0 Å². The number of ether oxygens (including phenoxy) is 4. The molecule has 11 heteroatoms. The first-order chi connectivity index (χ1) is 22.9. The van der Waals surface area contributed by atoms with E-state index in [-0.39, 0.29) is 23.9 Å². The third-order valence-corrected chi connectivity index (χ3v) is 9.41. The van der Waals surface area contributed by atoms with Gasteiger partial charge in [0.25, 0.3) is 11.8 Å². The van der Waals surface area contributed by atoms with Crippen LogP contribution in [-0.4, -0.2) is 97.3 Å². The average molecular weight is 659 g/mol. The maximum atomic E-state index is 13.7. The molecule has 4 heterocycles. The number of anilines is 1. The summed E-state index contributed by atoms with van der Waals surface area (Å²) in [6.07, 6.45) is 4.56. The molecule has 48 heavy (non-hydrogen) atoms. The number of aliphatic imine (C=N–C) groups is 1.